The van der Waals surface area contributed by atoms with Gasteiger partial charge >= 0.3 is 0 Å². The van der Waals surface area contributed by atoms with Crippen LogP contribution in [0.2, 0.25) is 0 Å². The summed E-state index contributed by atoms with van der Waals surface area (Å²) in [5.41, 5.74) is 0. The number of likely N-dealkylation sites (N-methyl/N-ethyl adjacent to an activating group) is 1. The summed E-state index contributed by atoms with van der Waals surface area (Å²) in [4.78, 5) is 8.75. The van der Waals surface area contributed by atoms with E-state index in [1.54, 1.807) is 0 Å². The van der Waals surface area contributed by atoms with E-state index in [0.29, 0.717) is 6.54 Å². The van der Waals surface area contributed by atoms with Crippen LogP contribution in [0.3, 0.4) is 0 Å². The molecular formula is C14H26N4O2. The number of hydrogen-bond acceptors (Lipinski definition) is 5. The maximum Gasteiger partial charge on any atom is 0.122 e. The molecule has 1 aromatic rings. The molecule has 1 aliphatic rings. The summed E-state index contributed by atoms with van der Waals surface area (Å²) in [5.74, 6) is 1.05. The fourth-order valence-electron chi connectivity index (χ4n) is 2.58. The molecule has 1 aromatic heterocycles. The van der Waals surface area contributed by atoms with E-state index >= 15 is 0 Å². The molecule has 1 unspecified atom stereocenters. The van der Waals surface area contributed by atoms with Gasteiger partial charge in [-0.05, 0) is 14.0 Å². The number of aliphatic hydroxyl groups is 1. The number of nitrogens with zero attached hydrogens (tertiary/aromatic N) is 4. The van der Waals surface area contributed by atoms with E-state index in [1.807, 2.05) is 19.4 Å². The van der Waals surface area contributed by atoms with E-state index in [-0.39, 0.29) is 6.10 Å². The van der Waals surface area contributed by atoms with Gasteiger partial charge in [0.2, 0.25) is 0 Å². The molecule has 114 valence electrons. The Bertz CT molecular complexity index is 390. The Balaban J connectivity index is 1.74. The van der Waals surface area contributed by atoms with Gasteiger partial charge in [0.15, 0.2) is 0 Å². The number of imidazole rings is 1. The average Bonchev–Trinajstić information content (AvgIpc) is 2.86. The lowest BCUT2D eigenvalue weighted by molar-refractivity contribution is 0.00806. The van der Waals surface area contributed by atoms with Crippen molar-refractivity contribution in [2.24, 2.45) is 0 Å². The van der Waals surface area contributed by atoms with E-state index in [2.05, 4.69) is 26.3 Å². The second kappa shape index (κ2) is 7.73. The first kappa shape index (κ1) is 15.4. The fraction of sp³-hybridized carbons (Fsp3) is 0.786. The quantitative estimate of drug-likeness (QED) is 0.764. The standard InChI is InChI=1S/C14H26N4O2/c1-3-18-5-4-15-14(18)12-16(2)10-13(19)11-17-6-8-20-9-7-17/h4-5,13,19H,3,6-12H2,1-2H3. The molecule has 0 saturated carbocycles. The van der Waals surface area contributed by atoms with Crippen molar-refractivity contribution in [3.05, 3.63) is 18.2 Å². The van der Waals surface area contributed by atoms with Gasteiger partial charge in [0, 0.05) is 45.1 Å². The topological polar surface area (TPSA) is 53.8 Å². The monoisotopic (exact) mass is 282 g/mol. The van der Waals surface area contributed by atoms with Crippen LogP contribution in [0.4, 0.5) is 0 Å². The number of β-amino-alcohol motifs (C(OH)–C–C–N with tert-alkyl or cyclic N) is 1. The molecule has 0 radical (unpaired) electrons. The number of rotatable bonds is 7. The Morgan fingerprint density at radius 3 is 2.90 bits per heavy atom. The lowest BCUT2D eigenvalue weighted by Gasteiger charge is -2.30. The minimum absolute atomic E-state index is 0.330. The molecule has 2 heterocycles. The molecule has 0 spiro atoms. The van der Waals surface area contributed by atoms with Crippen LogP contribution in [0.15, 0.2) is 12.4 Å². The molecule has 0 aromatic carbocycles. The molecule has 2 rings (SSSR count). The number of aromatic nitrogens is 2. The summed E-state index contributed by atoms with van der Waals surface area (Å²) in [6.07, 6.45) is 3.49. The number of ether oxygens (including phenoxy) is 1. The van der Waals surface area contributed by atoms with Crippen LogP contribution < -0.4 is 0 Å². The highest BCUT2D eigenvalue weighted by Crippen LogP contribution is 2.04. The van der Waals surface area contributed by atoms with Crippen molar-refractivity contribution in [2.45, 2.75) is 26.1 Å². The lowest BCUT2D eigenvalue weighted by Crippen LogP contribution is -2.44. The minimum atomic E-state index is -0.330. The van der Waals surface area contributed by atoms with Crippen molar-refractivity contribution in [3.63, 3.8) is 0 Å². The summed E-state index contributed by atoms with van der Waals surface area (Å²) in [5, 5.41) is 10.2. The molecule has 1 fully saturated rings. The second-order valence-corrected chi connectivity index (χ2v) is 5.39. The highest BCUT2D eigenvalue weighted by molar-refractivity contribution is 4.92. The largest absolute Gasteiger partial charge is 0.390 e. The van der Waals surface area contributed by atoms with Crippen molar-refractivity contribution >= 4 is 0 Å². The molecule has 6 nitrogen and oxygen atoms in total. The highest BCUT2D eigenvalue weighted by atomic mass is 16.5. The van der Waals surface area contributed by atoms with Crippen LogP contribution in [0.5, 0.6) is 0 Å². The molecule has 0 aliphatic carbocycles. The Morgan fingerprint density at radius 1 is 1.45 bits per heavy atom. The van der Waals surface area contributed by atoms with Gasteiger partial charge in [0.25, 0.3) is 0 Å². The van der Waals surface area contributed by atoms with Gasteiger partial charge in [-0.1, -0.05) is 0 Å². The molecule has 1 aliphatic heterocycles. The highest BCUT2D eigenvalue weighted by Gasteiger charge is 2.16. The van der Waals surface area contributed by atoms with Gasteiger partial charge < -0.3 is 14.4 Å². The zero-order chi connectivity index (χ0) is 14.4. The summed E-state index contributed by atoms with van der Waals surface area (Å²) in [6, 6.07) is 0. The van der Waals surface area contributed by atoms with Gasteiger partial charge in [-0.3, -0.25) is 9.80 Å². The van der Waals surface area contributed by atoms with E-state index < -0.39 is 0 Å². The first-order chi connectivity index (χ1) is 9.69. The van der Waals surface area contributed by atoms with Crippen molar-refractivity contribution in [1.29, 1.82) is 0 Å². The summed E-state index contributed by atoms with van der Waals surface area (Å²) in [7, 11) is 2.03. The molecule has 1 saturated heterocycles. The van der Waals surface area contributed by atoms with Crippen LogP contribution in [0, 0.1) is 0 Å². The van der Waals surface area contributed by atoms with Gasteiger partial charge in [0.1, 0.15) is 5.82 Å². The predicted molar refractivity (Wildman–Crippen MR) is 77.5 cm³/mol. The summed E-state index contributed by atoms with van der Waals surface area (Å²) >= 11 is 0. The normalized spacial score (nSPS) is 18.6. The number of hydrogen-bond donors (Lipinski definition) is 1. The first-order valence-electron chi connectivity index (χ1n) is 7.35. The predicted octanol–water partition coefficient (Wildman–Crippen LogP) is 0.0279. The van der Waals surface area contributed by atoms with Gasteiger partial charge in [-0.2, -0.15) is 0 Å². The molecule has 0 bridgehead atoms. The van der Waals surface area contributed by atoms with Crippen molar-refractivity contribution < 1.29 is 9.84 Å². The molecule has 0 amide bonds. The summed E-state index contributed by atoms with van der Waals surface area (Å²) < 4.78 is 7.44. The van der Waals surface area contributed by atoms with Crippen LogP contribution in [0.25, 0.3) is 0 Å². The third-order valence-electron chi connectivity index (χ3n) is 3.65. The maximum absolute atomic E-state index is 10.2. The Hall–Kier alpha value is -0.950. The second-order valence-electron chi connectivity index (χ2n) is 5.39. The van der Waals surface area contributed by atoms with Crippen LogP contribution in [-0.2, 0) is 17.8 Å². The van der Waals surface area contributed by atoms with Gasteiger partial charge in [-0.25, -0.2) is 4.98 Å². The van der Waals surface area contributed by atoms with Crippen LogP contribution in [0.1, 0.15) is 12.7 Å². The van der Waals surface area contributed by atoms with Gasteiger partial charge in [0.05, 0.1) is 25.9 Å². The number of aryl methyl sites for hydroxylation is 1. The van der Waals surface area contributed by atoms with Crippen molar-refractivity contribution in [1.82, 2.24) is 19.4 Å². The number of morpholine rings is 1. The van der Waals surface area contributed by atoms with E-state index in [9.17, 15) is 5.11 Å². The minimum Gasteiger partial charge on any atom is -0.390 e. The van der Waals surface area contributed by atoms with Gasteiger partial charge in [-0.15, -0.1) is 0 Å². The third-order valence-corrected chi connectivity index (χ3v) is 3.65. The van der Waals surface area contributed by atoms with E-state index in [0.717, 1.165) is 51.8 Å². The third kappa shape index (κ3) is 4.56. The zero-order valence-electron chi connectivity index (χ0n) is 12.5. The van der Waals surface area contributed by atoms with Crippen molar-refractivity contribution in [2.75, 3.05) is 46.4 Å². The van der Waals surface area contributed by atoms with E-state index in [4.69, 9.17) is 4.74 Å². The van der Waals surface area contributed by atoms with E-state index in [1.165, 1.54) is 0 Å². The lowest BCUT2D eigenvalue weighted by atomic mass is 10.3. The Kier molecular flexibility index (Phi) is 5.97. The summed E-state index contributed by atoms with van der Waals surface area (Å²) in [6.45, 7) is 8.57. The Labute approximate surface area is 121 Å². The van der Waals surface area contributed by atoms with Crippen molar-refractivity contribution in [3.8, 4) is 0 Å². The molecule has 20 heavy (non-hydrogen) atoms. The Morgan fingerprint density at radius 2 is 2.20 bits per heavy atom. The maximum atomic E-state index is 10.2. The van der Waals surface area contributed by atoms with Crippen LogP contribution in [-0.4, -0.2) is 77.0 Å². The SMILES string of the molecule is CCn1ccnc1CN(C)CC(O)CN1CCOCC1. The molecule has 6 heteroatoms. The first-order valence-corrected chi connectivity index (χ1v) is 7.35. The van der Waals surface area contributed by atoms with Crippen LogP contribution >= 0.6 is 0 Å². The average molecular weight is 282 g/mol. The fourth-order valence-corrected chi connectivity index (χ4v) is 2.58. The smallest absolute Gasteiger partial charge is 0.122 e. The molecular weight excluding hydrogens is 256 g/mol. The number of aliphatic hydroxyl groups excluding tert-OH is 1. The molecule has 1 N–H and O–H groups in total. The zero-order valence-corrected chi connectivity index (χ0v) is 12.5. The molecule has 1 atom stereocenters.